The lowest BCUT2D eigenvalue weighted by atomic mass is 10.0. The van der Waals surface area contributed by atoms with Gasteiger partial charge in [-0.25, -0.2) is 0 Å². The number of hydrogen-bond donors (Lipinski definition) is 2. The van der Waals surface area contributed by atoms with Crippen LogP contribution < -0.4 is 15.4 Å². The summed E-state index contributed by atoms with van der Waals surface area (Å²) in [5.41, 5.74) is 8.37. The second-order valence-electron chi connectivity index (χ2n) is 7.68. The van der Waals surface area contributed by atoms with Crippen LogP contribution in [0.15, 0.2) is 24.3 Å². The molecule has 1 aliphatic heterocycles. The van der Waals surface area contributed by atoms with Gasteiger partial charge in [-0.3, -0.25) is 15.0 Å². The van der Waals surface area contributed by atoms with Crippen molar-refractivity contribution in [2.24, 2.45) is 7.05 Å². The maximum absolute atomic E-state index is 8.69. The molecule has 0 radical (unpaired) electrons. The molecule has 1 fully saturated rings. The Morgan fingerprint density at radius 3 is 2.76 bits per heavy atom. The van der Waals surface area contributed by atoms with Gasteiger partial charge in [0.1, 0.15) is 5.75 Å². The van der Waals surface area contributed by atoms with Crippen LogP contribution in [0.4, 0.5) is 11.5 Å². The minimum atomic E-state index is 0. The zero-order chi connectivity index (χ0) is 21.1. The standard InChI is InChI=1S/C21H32N6O2.H2/c1-14-12-26(8-9-27(14)15(2)13-28-4)20-11-19(25(3)24-20)21(23)17-10-16(29-5)6-7-18(17)22;/h6-7,10-11,14-15,23H,8-9,12-13,22H2,1-5H3;1H/t14-,15?;/m1./s1. The minimum Gasteiger partial charge on any atom is -0.497 e. The lowest BCUT2D eigenvalue weighted by molar-refractivity contribution is 0.0678. The molecular formula is C21H34N6O2. The number of nitrogens with one attached hydrogen (secondary N) is 1. The first kappa shape index (κ1) is 21.1. The Kier molecular flexibility index (Phi) is 6.44. The van der Waals surface area contributed by atoms with E-state index >= 15 is 0 Å². The maximum Gasteiger partial charge on any atom is 0.151 e. The van der Waals surface area contributed by atoms with Crippen LogP contribution >= 0.6 is 0 Å². The Hall–Kier alpha value is -2.58. The number of rotatable bonds is 7. The number of benzene rings is 1. The van der Waals surface area contributed by atoms with E-state index in [9.17, 15) is 0 Å². The molecule has 2 heterocycles. The molecule has 2 aromatic rings. The van der Waals surface area contributed by atoms with Crippen LogP contribution in [0.3, 0.4) is 0 Å². The molecule has 3 N–H and O–H groups in total. The summed E-state index contributed by atoms with van der Waals surface area (Å²) in [6, 6.07) is 8.12. The van der Waals surface area contributed by atoms with Gasteiger partial charge in [0.25, 0.3) is 0 Å². The quantitative estimate of drug-likeness (QED) is 0.545. The van der Waals surface area contributed by atoms with E-state index in [-0.39, 0.29) is 1.43 Å². The number of anilines is 2. The molecule has 1 aliphatic rings. The fraction of sp³-hybridized carbons (Fsp3) is 0.524. The number of ether oxygens (including phenoxy) is 2. The predicted octanol–water partition coefficient (Wildman–Crippen LogP) is 2.22. The van der Waals surface area contributed by atoms with E-state index < -0.39 is 0 Å². The third-order valence-electron chi connectivity index (χ3n) is 5.63. The molecule has 8 nitrogen and oxygen atoms in total. The third kappa shape index (κ3) is 4.38. The molecular weight excluding hydrogens is 368 g/mol. The van der Waals surface area contributed by atoms with Gasteiger partial charge in [0.15, 0.2) is 5.82 Å². The van der Waals surface area contributed by atoms with Gasteiger partial charge in [0.05, 0.1) is 25.1 Å². The minimum absolute atomic E-state index is 0. The first-order valence-electron chi connectivity index (χ1n) is 9.92. The first-order valence-corrected chi connectivity index (χ1v) is 9.92. The smallest absolute Gasteiger partial charge is 0.151 e. The summed E-state index contributed by atoms with van der Waals surface area (Å²) in [6.07, 6.45) is 0. The van der Waals surface area contributed by atoms with Crippen LogP contribution in [-0.2, 0) is 11.8 Å². The number of hydrogen-bond acceptors (Lipinski definition) is 7. The first-order chi connectivity index (χ1) is 13.8. The number of aryl methyl sites for hydroxylation is 1. The highest BCUT2D eigenvalue weighted by atomic mass is 16.5. The van der Waals surface area contributed by atoms with Gasteiger partial charge in [0.2, 0.25) is 0 Å². The van der Waals surface area contributed by atoms with E-state index in [0.29, 0.717) is 34.8 Å². The Morgan fingerprint density at radius 2 is 2.10 bits per heavy atom. The largest absolute Gasteiger partial charge is 0.497 e. The summed E-state index contributed by atoms with van der Waals surface area (Å²) in [6.45, 7) is 7.91. The van der Waals surface area contributed by atoms with Crippen molar-refractivity contribution in [2.45, 2.75) is 25.9 Å². The van der Waals surface area contributed by atoms with Gasteiger partial charge in [-0.05, 0) is 32.0 Å². The van der Waals surface area contributed by atoms with E-state index in [1.54, 1.807) is 37.1 Å². The molecule has 0 aliphatic carbocycles. The van der Waals surface area contributed by atoms with E-state index in [4.69, 9.17) is 20.6 Å². The molecule has 3 rings (SSSR count). The highest BCUT2D eigenvalue weighted by molar-refractivity contribution is 6.13. The van der Waals surface area contributed by atoms with Crippen molar-refractivity contribution in [1.29, 1.82) is 5.41 Å². The SMILES string of the molecule is COCC(C)N1CCN(c2cc(C(=N)c3cc(OC)ccc3N)n(C)n2)C[C@H]1C.[HH]. The topological polar surface area (TPSA) is 92.6 Å². The zero-order valence-electron chi connectivity index (χ0n) is 18.0. The van der Waals surface area contributed by atoms with Crippen LogP contribution in [0.25, 0.3) is 0 Å². The van der Waals surface area contributed by atoms with Gasteiger partial charge >= 0.3 is 0 Å². The maximum atomic E-state index is 8.69. The van der Waals surface area contributed by atoms with Gasteiger partial charge in [-0.1, -0.05) is 0 Å². The highest BCUT2D eigenvalue weighted by Gasteiger charge is 2.29. The van der Waals surface area contributed by atoms with Crippen LogP contribution in [0.2, 0.25) is 0 Å². The Balaban J connectivity index is 0.00000320. The summed E-state index contributed by atoms with van der Waals surface area (Å²) in [5.74, 6) is 1.57. The predicted molar refractivity (Wildman–Crippen MR) is 118 cm³/mol. The summed E-state index contributed by atoms with van der Waals surface area (Å²) in [7, 11) is 5.22. The summed E-state index contributed by atoms with van der Waals surface area (Å²) >= 11 is 0. The van der Waals surface area contributed by atoms with Crippen molar-refractivity contribution in [3.05, 3.63) is 35.5 Å². The fourth-order valence-corrected chi connectivity index (χ4v) is 4.03. The molecule has 29 heavy (non-hydrogen) atoms. The van der Waals surface area contributed by atoms with Crippen molar-refractivity contribution in [3.63, 3.8) is 0 Å². The summed E-state index contributed by atoms with van der Waals surface area (Å²) in [5, 5.41) is 13.4. The second kappa shape index (κ2) is 8.84. The van der Waals surface area contributed by atoms with Crippen LogP contribution in [0, 0.1) is 5.41 Å². The summed E-state index contributed by atoms with van der Waals surface area (Å²) in [4.78, 5) is 4.76. The zero-order valence-corrected chi connectivity index (χ0v) is 18.0. The second-order valence-corrected chi connectivity index (χ2v) is 7.68. The number of piperazine rings is 1. The number of aromatic nitrogens is 2. The van der Waals surface area contributed by atoms with Crippen molar-refractivity contribution < 1.29 is 10.9 Å². The molecule has 0 spiro atoms. The number of nitrogens with two attached hydrogens (primary N) is 1. The fourth-order valence-electron chi connectivity index (χ4n) is 4.03. The molecule has 160 valence electrons. The molecule has 8 heteroatoms. The lowest BCUT2D eigenvalue weighted by Crippen LogP contribution is -2.55. The van der Waals surface area contributed by atoms with Crippen molar-refractivity contribution in [3.8, 4) is 5.75 Å². The molecule has 0 amide bonds. The molecule has 1 unspecified atom stereocenters. The van der Waals surface area contributed by atoms with Crippen molar-refractivity contribution in [2.75, 3.05) is 51.1 Å². The van der Waals surface area contributed by atoms with Gasteiger partial charge in [-0.15, -0.1) is 0 Å². The normalized spacial score (nSPS) is 18.7. The molecule has 1 aromatic heterocycles. The number of methoxy groups -OCH3 is 2. The average Bonchev–Trinajstić information content (AvgIpc) is 3.09. The third-order valence-corrected chi connectivity index (χ3v) is 5.63. The van der Waals surface area contributed by atoms with Gasteiger partial charge < -0.3 is 20.1 Å². The van der Waals surface area contributed by atoms with E-state index in [1.807, 2.05) is 13.1 Å². The number of nitrogens with zero attached hydrogens (tertiary/aromatic N) is 4. The molecule has 1 aromatic carbocycles. The van der Waals surface area contributed by atoms with Crippen molar-refractivity contribution in [1.82, 2.24) is 14.7 Å². The van der Waals surface area contributed by atoms with Crippen molar-refractivity contribution >= 4 is 17.2 Å². The Morgan fingerprint density at radius 1 is 1.34 bits per heavy atom. The molecule has 2 atom stereocenters. The average molecular weight is 403 g/mol. The van der Waals surface area contributed by atoms with E-state index in [2.05, 4.69) is 28.7 Å². The Bertz CT molecular complexity index is 871. The van der Waals surface area contributed by atoms with Crippen LogP contribution in [-0.4, -0.2) is 72.9 Å². The van der Waals surface area contributed by atoms with Crippen LogP contribution in [0.5, 0.6) is 5.75 Å². The lowest BCUT2D eigenvalue weighted by Gasteiger charge is -2.42. The highest BCUT2D eigenvalue weighted by Crippen LogP contribution is 2.25. The molecule has 0 saturated carbocycles. The summed E-state index contributed by atoms with van der Waals surface area (Å²) < 4.78 is 12.4. The van der Waals surface area contributed by atoms with E-state index in [1.165, 1.54) is 0 Å². The molecule has 1 saturated heterocycles. The number of nitrogen functional groups attached to an aromatic ring is 1. The molecule has 0 bridgehead atoms. The van der Waals surface area contributed by atoms with Gasteiger partial charge in [0, 0.05) is 64.6 Å². The van der Waals surface area contributed by atoms with Crippen LogP contribution in [0.1, 0.15) is 26.5 Å². The van der Waals surface area contributed by atoms with E-state index in [0.717, 1.165) is 37.8 Å². The monoisotopic (exact) mass is 402 g/mol. The van der Waals surface area contributed by atoms with Gasteiger partial charge in [-0.2, -0.15) is 5.10 Å². The Labute approximate surface area is 174 Å².